The Morgan fingerprint density at radius 3 is 2.13 bits per heavy atom. The van der Waals surface area contributed by atoms with Crippen LogP contribution in [0.15, 0.2) is 54.6 Å². The van der Waals surface area contributed by atoms with Crippen LogP contribution in [-0.2, 0) is 9.59 Å². The van der Waals surface area contributed by atoms with Gasteiger partial charge in [-0.15, -0.1) is 0 Å². The Labute approximate surface area is 179 Å². The Morgan fingerprint density at radius 2 is 1.60 bits per heavy atom. The number of nitro groups is 1. The van der Waals surface area contributed by atoms with Crippen molar-refractivity contribution in [3.05, 3.63) is 70.3 Å². The molecule has 0 unspecified atom stereocenters. The van der Waals surface area contributed by atoms with Gasteiger partial charge in [0, 0.05) is 36.0 Å². The molecule has 156 valence electrons. The van der Waals surface area contributed by atoms with Crippen LogP contribution in [0, 0.1) is 16.0 Å². The summed E-state index contributed by atoms with van der Waals surface area (Å²) in [6.07, 6.45) is 3.25. The van der Waals surface area contributed by atoms with Crippen molar-refractivity contribution < 1.29 is 14.5 Å². The van der Waals surface area contributed by atoms with E-state index in [4.69, 9.17) is 12.2 Å². The first-order chi connectivity index (χ1) is 14.2. The van der Waals surface area contributed by atoms with Gasteiger partial charge in [-0.1, -0.05) is 13.8 Å². The van der Waals surface area contributed by atoms with Crippen molar-refractivity contribution in [1.29, 1.82) is 0 Å². The van der Waals surface area contributed by atoms with Gasteiger partial charge in [0.15, 0.2) is 5.11 Å². The van der Waals surface area contributed by atoms with Gasteiger partial charge in [-0.3, -0.25) is 25.0 Å². The van der Waals surface area contributed by atoms with Crippen molar-refractivity contribution in [2.75, 3.05) is 10.6 Å². The van der Waals surface area contributed by atoms with Crippen LogP contribution < -0.4 is 16.0 Å². The van der Waals surface area contributed by atoms with E-state index in [2.05, 4.69) is 16.0 Å². The van der Waals surface area contributed by atoms with Crippen LogP contribution in [0.25, 0.3) is 6.08 Å². The second-order valence-electron chi connectivity index (χ2n) is 6.85. The number of thiocarbonyl (C=S) groups is 1. The number of nitro benzene ring substituents is 1. The summed E-state index contributed by atoms with van der Waals surface area (Å²) in [6, 6.07) is 12.7. The fraction of sp³-hybridized carbons (Fsp3) is 0.190. The molecular formula is C21H22N4O4S. The number of amides is 2. The van der Waals surface area contributed by atoms with E-state index >= 15 is 0 Å². The van der Waals surface area contributed by atoms with Gasteiger partial charge in [-0.25, -0.2) is 0 Å². The van der Waals surface area contributed by atoms with Gasteiger partial charge < -0.3 is 10.6 Å². The zero-order valence-corrected chi connectivity index (χ0v) is 17.4. The number of anilines is 2. The Bertz CT molecular complexity index is 954. The smallest absolute Gasteiger partial charge is 0.269 e. The molecule has 2 rings (SSSR count). The summed E-state index contributed by atoms with van der Waals surface area (Å²) in [5, 5.41) is 19.0. The normalized spacial score (nSPS) is 10.6. The van der Waals surface area contributed by atoms with Gasteiger partial charge in [-0.05, 0) is 66.2 Å². The number of hydrogen-bond donors (Lipinski definition) is 3. The van der Waals surface area contributed by atoms with Crippen molar-refractivity contribution in [1.82, 2.24) is 5.32 Å². The Morgan fingerprint density at radius 1 is 1.03 bits per heavy atom. The fourth-order valence-electron chi connectivity index (χ4n) is 2.41. The van der Waals surface area contributed by atoms with Crippen LogP contribution in [0.2, 0.25) is 0 Å². The summed E-state index contributed by atoms with van der Waals surface area (Å²) in [7, 11) is 0. The number of carbonyl (C=O) groups excluding carboxylic acids is 2. The summed E-state index contributed by atoms with van der Waals surface area (Å²) in [5.41, 5.74) is 1.95. The Kier molecular flexibility index (Phi) is 8.18. The Hall–Kier alpha value is -3.59. The Balaban J connectivity index is 1.83. The molecule has 9 heteroatoms. The number of hydrogen-bond acceptors (Lipinski definition) is 5. The average molecular weight is 426 g/mol. The molecule has 0 saturated heterocycles. The highest BCUT2D eigenvalue weighted by Crippen LogP contribution is 2.15. The lowest BCUT2D eigenvalue weighted by atomic mass is 10.1. The summed E-state index contributed by atoms with van der Waals surface area (Å²) >= 11 is 5.12. The number of non-ortho nitro benzene ring substituents is 1. The molecule has 0 radical (unpaired) electrons. The monoisotopic (exact) mass is 426 g/mol. The van der Waals surface area contributed by atoms with E-state index in [9.17, 15) is 19.7 Å². The lowest BCUT2D eigenvalue weighted by Gasteiger charge is -2.10. The molecule has 30 heavy (non-hydrogen) atoms. The molecular weight excluding hydrogens is 404 g/mol. The second-order valence-corrected chi connectivity index (χ2v) is 7.26. The van der Waals surface area contributed by atoms with Gasteiger partial charge >= 0.3 is 0 Å². The molecule has 0 aliphatic carbocycles. The van der Waals surface area contributed by atoms with E-state index in [0.29, 0.717) is 23.4 Å². The summed E-state index contributed by atoms with van der Waals surface area (Å²) in [5.74, 6) is -0.210. The van der Waals surface area contributed by atoms with Gasteiger partial charge in [0.1, 0.15) is 0 Å². The maximum absolute atomic E-state index is 12.0. The van der Waals surface area contributed by atoms with Crippen molar-refractivity contribution >= 4 is 52.3 Å². The molecule has 0 spiro atoms. The van der Waals surface area contributed by atoms with Crippen molar-refractivity contribution in [2.45, 2.75) is 20.3 Å². The second kappa shape index (κ2) is 10.8. The van der Waals surface area contributed by atoms with Crippen LogP contribution in [0.1, 0.15) is 25.8 Å². The van der Waals surface area contributed by atoms with Crippen molar-refractivity contribution in [3.63, 3.8) is 0 Å². The van der Waals surface area contributed by atoms with Gasteiger partial charge in [0.2, 0.25) is 11.8 Å². The zero-order valence-electron chi connectivity index (χ0n) is 16.5. The van der Waals surface area contributed by atoms with Crippen molar-refractivity contribution in [2.24, 2.45) is 5.92 Å². The fourth-order valence-corrected chi connectivity index (χ4v) is 2.63. The molecule has 2 aromatic carbocycles. The first-order valence-corrected chi connectivity index (χ1v) is 9.58. The highest BCUT2D eigenvalue weighted by molar-refractivity contribution is 7.80. The first kappa shape index (κ1) is 22.7. The summed E-state index contributed by atoms with van der Waals surface area (Å²) in [4.78, 5) is 33.9. The number of nitrogens with one attached hydrogen (secondary N) is 3. The minimum Gasteiger partial charge on any atom is -0.332 e. The largest absolute Gasteiger partial charge is 0.332 e. The van der Waals surface area contributed by atoms with Crippen LogP contribution in [0.5, 0.6) is 0 Å². The maximum atomic E-state index is 12.0. The molecule has 8 nitrogen and oxygen atoms in total. The minimum atomic E-state index is -0.490. The van der Waals surface area contributed by atoms with E-state index in [1.165, 1.54) is 24.3 Å². The summed E-state index contributed by atoms with van der Waals surface area (Å²) < 4.78 is 0. The van der Waals surface area contributed by atoms with E-state index in [-0.39, 0.29) is 22.6 Å². The maximum Gasteiger partial charge on any atom is 0.269 e. The van der Waals surface area contributed by atoms with Gasteiger partial charge in [-0.2, -0.15) is 0 Å². The first-order valence-electron chi connectivity index (χ1n) is 9.17. The topological polar surface area (TPSA) is 113 Å². The molecule has 0 atom stereocenters. The number of benzene rings is 2. The minimum absolute atomic E-state index is 0.0208. The van der Waals surface area contributed by atoms with Gasteiger partial charge in [0.25, 0.3) is 5.69 Å². The van der Waals surface area contributed by atoms with Crippen LogP contribution in [0.4, 0.5) is 17.1 Å². The SMILES string of the molecule is CC(C)CC(=O)Nc1ccc(NC(=S)NC(=O)/C=C/c2ccc([N+](=O)[O-])cc2)cc1. The van der Waals surface area contributed by atoms with E-state index in [0.717, 1.165) is 0 Å². The van der Waals surface area contributed by atoms with E-state index in [1.807, 2.05) is 13.8 Å². The number of rotatable bonds is 7. The zero-order chi connectivity index (χ0) is 22.1. The highest BCUT2D eigenvalue weighted by Gasteiger charge is 2.06. The quantitative estimate of drug-likeness (QED) is 0.266. The number of carbonyl (C=O) groups is 2. The molecule has 0 saturated carbocycles. The highest BCUT2D eigenvalue weighted by atomic mass is 32.1. The standard InChI is InChI=1S/C21H22N4O4S/c1-14(2)13-20(27)22-16-6-8-17(9-7-16)23-21(30)24-19(26)12-5-15-3-10-18(11-4-15)25(28)29/h3-12,14H,13H2,1-2H3,(H,22,27)(H2,23,24,26,30)/b12-5+. The predicted octanol–water partition coefficient (Wildman–Crippen LogP) is 4.11. The van der Waals surface area contributed by atoms with Crippen molar-refractivity contribution in [3.8, 4) is 0 Å². The lowest BCUT2D eigenvalue weighted by Crippen LogP contribution is -2.32. The molecule has 3 N–H and O–H groups in total. The number of nitrogens with zero attached hydrogens (tertiary/aromatic N) is 1. The third-order valence-electron chi connectivity index (χ3n) is 3.79. The summed E-state index contributed by atoms with van der Waals surface area (Å²) in [6.45, 7) is 3.95. The molecule has 0 heterocycles. The van der Waals surface area contributed by atoms with E-state index in [1.54, 1.807) is 36.4 Å². The third-order valence-corrected chi connectivity index (χ3v) is 3.99. The van der Waals surface area contributed by atoms with E-state index < -0.39 is 10.8 Å². The van der Waals surface area contributed by atoms with Crippen LogP contribution in [-0.4, -0.2) is 21.9 Å². The lowest BCUT2D eigenvalue weighted by molar-refractivity contribution is -0.384. The molecule has 0 bridgehead atoms. The van der Waals surface area contributed by atoms with Crippen LogP contribution in [0.3, 0.4) is 0 Å². The molecule has 0 fully saturated rings. The van der Waals surface area contributed by atoms with Crippen LogP contribution >= 0.6 is 12.2 Å². The average Bonchev–Trinajstić information content (AvgIpc) is 2.67. The molecule has 0 aliphatic rings. The molecule has 2 amide bonds. The van der Waals surface area contributed by atoms with Gasteiger partial charge in [0.05, 0.1) is 4.92 Å². The molecule has 0 aromatic heterocycles. The molecule has 2 aromatic rings. The molecule has 0 aliphatic heterocycles. The predicted molar refractivity (Wildman–Crippen MR) is 121 cm³/mol. The third kappa shape index (κ3) is 7.80.